The molecule has 0 fully saturated rings. The lowest BCUT2D eigenvalue weighted by atomic mass is 10.3. The molecule has 29 heavy (non-hydrogen) atoms. The lowest BCUT2D eigenvalue weighted by molar-refractivity contribution is -0.111. The van der Waals surface area contributed by atoms with E-state index in [0.29, 0.717) is 22.8 Å². The number of hydrogen-bond donors (Lipinski definition) is 2. The minimum Gasteiger partial charge on any atom is -0.437 e. The Labute approximate surface area is 171 Å². The normalized spacial score (nSPS) is 10.9. The molecule has 0 spiro atoms. The largest absolute Gasteiger partial charge is 0.437 e. The summed E-state index contributed by atoms with van der Waals surface area (Å²) in [4.78, 5) is 27.9. The molecule has 3 aromatic rings. The van der Waals surface area contributed by atoms with E-state index < -0.39 is 0 Å². The fraction of sp³-hybridized carbons (Fsp3) is 0.0526. The van der Waals surface area contributed by atoms with Crippen LogP contribution in [-0.2, 0) is 4.79 Å². The van der Waals surface area contributed by atoms with Gasteiger partial charge in [0.05, 0.1) is 18.1 Å². The molecule has 9 nitrogen and oxygen atoms in total. The second-order valence-electron chi connectivity index (χ2n) is 5.57. The van der Waals surface area contributed by atoms with Crippen molar-refractivity contribution in [2.24, 2.45) is 5.10 Å². The van der Waals surface area contributed by atoms with Crippen molar-refractivity contribution in [1.82, 2.24) is 19.9 Å². The summed E-state index contributed by atoms with van der Waals surface area (Å²) in [5.41, 5.74) is 4.49. The molecular weight excluding hydrogens is 394 g/mol. The number of benzene rings is 1. The van der Waals surface area contributed by atoms with Crippen LogP contribution in [0, 0.1) is 0 Å². The van der Waals surface area contributed by atoms with E-state index in [4.69, 9.17) is 16.3 Å². The van der Waals surface area contributed by atoms with Gasteiger partial charge in [0.25, 0.3) is 0 Å². The van der Waals surface area contributed by atoms with Gasteiger partial charge in [-0.15, -0.1) is 0 Å². The summed E-state index contributed by atoms with van der Waals surface area (Å²) in [6.45, 7) is 5.19. The molecule has 0 unspecified atom stereocenters. The van der Waals surface area contributed by atoms with Gasteiger partial charge < -0.3 is 10.1 Å². The zero-order chi connectivity index (χ0) is 20.6. The number of hydrogen-bond acceptors (Lipinski definition) is 8. The van der Waals surface area contributed by atoms with Gasteiger partial charge in [-0.25, -0.2) is 10.4 Å². The maximum atomic E-state index is 11.4. The van der Waals surface area contributed by atoms with Gasteiger partial charge in [-0.05, 0) is 25.1 Å². The number of anilines is 2. The lowest BCUT2D eigenvalue weighted by Gasteiger charge is -2.09. The van der Waals surface area contributed by atoms with E-state index >= 15 is 0 Å². The van der Waals surface area contributed by atoms with E-state index in [1.165, 1.54) is 12.3 Å². The van der Waals surface area contributed by atoms with Crippen LogP contribution < -0.4 is 15.5 Å². The number of rotatable bonds is 7. The molecule has 1 aromatic carbocycles. The fourth-order valence-corrected chi connectivity index (χ4v) is 2.23. The zero-order valence-electron chi connectivity index (χ0n) is 15.3. The van der Waals surface area contributed by atoms with Crippen LogP contribution in [0.5, 0.6) is 11.6 Å². The predicted molar refractivity (Wildman–Crippen MR) is 110 cm³/mol. The van der Waals surface area contributed by atoms with Crippen LogP contribution in [0.4, 0.5) is 11.6 Å². The van der Waals surface area contributed by atoms with Gasteiger partial charge in [0.15, 0.2) is 0 Å². The summed E-state index contributed by atoms with van der Waals surface area (Å²) in [6.07, 6.45) is 7.31. The number of hydrazone groups is 1. The molecule has 0 aliphatic rings. The van der Waals surface area contributed by atoms with Gasteiger partial charge in [-0.2, -0.15) is 10.1 Å². The lowest BCUT2D eigenvalue weighted by Crippen LogP contribution is -2.07. The first-order chi connectivity index (χ1) is 14.0. The molecule has 0 aliphatic carbocycles. The first kappa shape index (κ1) is 19.9. The van der Waals surface area contributed by atoms with Gasteiger partial charge in [-0.3, -0.25) is 14.8 Å². The summed E-state index contributed by atoms with van der Waals surface area (Å²) in [6, 6.07) is 6.76. The van der Waals surface area contributed by atoms with Crippen LogP contribution in [0.2, 0.25) is 5.02 Å². The maximum Gasteiger partial charge on any atom is 0.247 e. The van der Waals surface area contributed by atoms with E-state index in [1.807, 2.05) is 0 Å². The standard InChI is InChI=1S/C19H16ClN7O2/c1-3-17(28)24-13-5-4-6-14(9-13)29-18-15(20)10-23-19(25-18)27-26-12(2)16-11-21-7-8-22-16/h3-11H,1H2,2H3,(H,24,28)(H,23,25,27)/b26-12+. The third-order valence-corrected chi connectivity index (χ3v) is 3.73. The summed E-state index contributed by atoms with van der Waals surface area (Å²) in [5, 5.41) is 7.04. The predicted octanol–water partition coefficient (Wildman–Crippen LogP) is 3.67. The van der Waals surface area contributed by atoms with Crippen molar-refractivity contribution < 1.29 is 9.53 Å². The third kappa shape index (κ3) is 5.56. The molecule has 2 heterocycles. The van der Waals surface area contributed by atoms with Crippen LogP contribution in [0.1, 0.15) is 12.6 Å². The van der Waals surface area contributed by atoms with E-state index in [9.17, 15) is 4.79 Å². The van der Waals surface area contributed by atoms with Crippen LogP contribution in [0.3, 0.4) is 0 Å². The van der Waals surface area contributed by atoms with Crippen molar-refractivity contribution in [3.05, 3.63) is 72.4 Å². The van der Waals surface area contributed by atoms with E-state index in [1.54, 1.807) is 49.8 Å². The van der Waals surface area contributed by atoms with Crippen molar-refractivity contribution in [1.29, 1.82) is 0 Å². The number of aromatic nitrogens is 4. The van der Waals surface area contributed by atoms with Crippen LogP contribution in [0.15, 0.2) is 66.8 Å². The number of ether oxygens (including phenoxy) is 1. The zero-order valence-corrected chi connectivity index (χ0v) is 16.1. The number of nitrogens with zero attached hydrogens (tertiary/aromatic N) is 5. The number of carbonyl (C=O) groups excluding carboxylic acids is 1. The molecule has 0 atom stereocenters. The van der Waals surface area contributed by atoms with Gasteiger partial charge >= 0.3 is 0 Å². The minimum absolute atomic E-state index is 0.128. The van der Waals surface area contributed by atoms with Crippen LogP contribution in [0.25, 0.3) is 0 Å². The summed E-state index contributed by atoms with van der Waals surface area (Å²) in [5.74, 6) is 0.412. The minimum atomic E-state index is -0.329. The summed E-state index contributed by atoms with van der Waals surface area (Å²) >= 11 is 6.14. The number of halogens is 1. The molecule has 0 bridgehead atoms. The fourth-order valence-electron chi connectivity index (χ4n) is 2.10. The highest BCUT2D eigenvalue weighted by atomic mass is 35.5. The third-order valence-electron chi connectivity index (χ3n) is 3.47. The average Bonchev–Trinajstić information content (AvgIpc) is 2.75. The SMILES string of the molecule is C=CC(=O)Nc1cccc(Oc2nc(N/N=C(\C)c3cnccn3)ncc2Cl)c1. The Morgan fingerprint density at radius 2 is 2.14 bits per heavy atom. The molecular formula is C19H16ClN7O2. The van der Waals surface area contributed by atoms with Gasteiger partial charge in [-0.1, -0.05) is 24.2 Å². The Balaban J connectivity index is 1.75. The van der Waals surface area contributed by atoms with Crippen LogP contribution in [-0.4, -0.2) is 31.6 Å². The number of carbonyl (C=O) groups is 1. The Kier molecular flexibility index (Phi) is 6.43. The molecule has 0 saturated heterocycles. The number of nitrogens with one attached hydrogen (secondary N) is 2. The van der Waals surface area contributed by atoms with E-state index in [-0.39, 0.29) is 22.8 Å². The Morgan fingerprint density at radius 1 is 1.28 bits per heavy atom. The van der Waals surface area contributed by atoms with E-state index in [2.05, 4.69) is 42.4 Å². The maximum absolute atomic E-state index is 11.4. The average molecular weight is 410 g/mol. The molecule has 1 amide bonds. The summed E-state index contributed by atoms with van der Waals surface area (Å²) in [7, 11) is 0. The quantitative estimate of drug-likeness (QED) is 0.347. The van der Waals surface area contributed by atoms with Crippen molar-refractivity contribution in [3.8, 4) is 11.6 Å². The highest BCUT2D eigenvalue weighted by Crippen LogP contribution is 2.29. The van der Waals surface area contributed by atoms with Crippen molar-refractivity contribution in [2.45, 2.75) is 6.92 Å². The molecule has 2 aromatic heterocycles. The Morgan fingerprint density at radius 3 is 2.90 bits per heavy atom. The second kappa shape index (κ2) is 9.38. The molecule has 10 heteroatoms. The van der Waals surface area contributed by atoms with Crippen molar-refractivity contribution >= 4 is 34.9 Å². The van der Waals surface area contributed by atoms with Crippen LogP contribution >= 0.6 is 11.6 Å². The topological polar surface area (TPSA) is 114 Å². The smallest absolute Gasteiger partial charge is 0.247 e. The van der Waals surface area contributed by atoms with Gasteiger partial charge in [0, 0.05) is 24.1 Å². The highest BCUT2D eigenvalue weighted by Gasteiger charge is 2.09. The molecule has 146 valence electrons. The molecule has 0 radical (unpaired) electrons. The Bertz CT molecular complexity index is 1060. The molecule has 2 N–H and O–H groups in total. The second-order valence-corrected chi connectivity index (χ2v) is 5.98. The molecule has 0 aliphatic heterocycles. The first-order valence-electron chi connectivity index (χ1n) is 8.35. The molecule has 3 rings (SSSR count). The summed E-state index contributed by atoms with van der Waals surface area (Å²) < 4.78 is 5.73. The van der Waals surface area contributed by atoms with E-state index in [0.717, 1.165) is 0 Å². The van der Waals surface area contributed by atoms with Gasteiger partial charge in [0.2, 0.25) is 17.7 Å². The number of amides is 1. The highest BCUT2D eigenvalue weighted by molar-refractivity contribution is 6.31. The Hall–Kier alpha value is -3.85. The van der Waals surface area contributed by atoms with Crippen molar-refractivity contribution in [3.63, 3.8) is 0 Å². The van der Waals surface area contributed by atoms with Gasteiger partial charge in [0.1, 0.15) is 16.5 Å². The van der Waals surface area contributed by atoms with Crippen molar-refractivity contribution in [2.75, 3.05) is 10.7 Å². The monoisotopic (exact) mass is 409 g/mol. The first-order valence-corrected chi connectivity index (χ1v) is 8.73. The molecule has 0 saturated carbocycles.